The number of likely N-dealkylation sites (tertiary alicyclic amines) is 1. The molecule has 1 fully saturated rings. The number of aryl methyl sites for hydroxylation is 1. The van der Waals surface area contributed by atoms with Crippen LogP contribution >= 0.6 is 0 Å². The summed E-state index contributed by atoms with van der Waals surface area (Å²) >= 11 is 0. The van der Waals surface area contributed by atoms with Gasteiger partial charge in [0.15, 0.2) is 0 Å². The van der Waals surface area contributed by atoms with E-state index in [1.165, 1.54) is 11.1 Å². The van der Waals surface area contributed by atoms with E-state index in [1.807, 2.05) is 4.90 Å². The van der Waals surface area contributed by atoms with E-state index in [2.05, 4.69) is 31.2 Å². The second kappa shape index (κ2) is 5.57. The number of hydrogen-bond acceptors (Lipinski definition) is 2. The van der Waals surface area contributed by atoms with Gasteiger partial charge in [0.05, 0.1) is 12.6 Å². The van der Waals surface area contributed by atoms with Crippen molar-refractivity contribution >= 4 is 5.91 Å². The SMILES string of the molecule is CC1CCN(C(=O)C2CCc3ccccc3C2)C1CO. The van der Waals surface area contributed by atoms with E-state index in [4.69, 9.17) is 0 Å². The van der Waals surface area contributed by atoms with E-state index >= 15 is 0 Å². The Balaban J connectivity index is 1.73. The molecule has 1 heterocycles. The number of carbonyl (C=O) groups excluding carboxylic acids is 1. The molecule has 3 unspecified atom stereocenters. The molecule has 1 amide bonds. The molecule has 2 aliphatic rings. The molecule has 1 aromatic rings. The first-order valence-corrected chi connectivity index (χ1v) is 7.69. The number of benzene rings is 1. The van der Waals surface area contributed by atoms with Crippen LogP contribution in [0.25, 0.3) is 0 Å². The van der Waals surface area contributed by atoms with Gasteiger partial charge in [0.2, 0.25) is 5.91 Å². The van der Waals surface area contributed by atoms with Gasteiger partial charge in [-0.2, -0.15) is 0 Å². The van der Waals surface area contributed by atoms with Gasteiger partial charge >= 0.3 is 0 Å². The number of aliphatic hydroxyl groups is 1. The molecule has 0 saturated carbocycles. The van der Waals surface area contributed by atoms with Crippen molar-refractivity contribution in [2.75, 3.05) is 13.2 Å². The molecule has 1 saturated heterocycles. The van der Waals surface area contributed by atoms with Crippen molar-refractivity contribution in [1.82, 2.24) is 4.90 Å². The summed E-state index contributed by atoms with van der Waals surface area (Å²) in [5.74, 6) is 0.770. The van der Waals surface area contributed by atoms with Crippen molar-refractivity contribution in [2.45, 2.75) is 38.6 Å². The lowest BCUT2D eigenvalue weighted by atomic mass is 9.83. The van der Waals surface area contributed by atoms with Crippen LogP contribution in [0.4, 0.5) is 0 Å². The van der Waals surface area contributed by atoms with E-state index in [9.17, 15) is 9.90 Å². The predicted octanol–water partition coefficient (Wildman–Crippen LogP) is 2.02. The minimum atomic E-state index is 0.0275. The van der Waals surface area contributed by atoms with E-state index in [-0.39, 0.29) is 24.5 Å². The van der Waals surface area contributed by atoms with Gasteiger partial charge in [0.1, 0.15) is 0 Å². The molecule has 0 radical (unpaired) electrons. The largest absolute Gasteiger partial charge is 0.394 e. The molecular weight excluding hydrogens is 250 g/mol. The maximum absolute atomic E-state index is 12.7. The van der Waals surface area contributed by atoms with Gasteiger partial charge in [0, 0.05) is 12.5 Å². The first-order chi connectivity index (χ1) is 9.70. The molecule has 1 N–H and O–H groups in total. The minimum absolute atomic E-state index is 0.0275. The number of carbonyl (C=O) groups is 1. The van der Waals surface area contributed by atoms with Crippen LogP contribution in [0.3, 0.4) is 0 Å². The second-order valence-electron chi connectivity index (χ2n) is 6.26. The van der Waals surface area contributed by atoms with Crippen LogP contribution in [0.1, 0.15) is 30.9 Å². The molecule has 108 valence electrons. The van der Waals surface area contributed by atoms with Crippen LogP contribution in [-0.4, -0.2) is 35.1 Å². The highest BCUT2D eigenvalue weighted by molar-refractivity contribution is 5.80. The van der Waals surface area contributed by atoms with Gasteiger partial charge < -0.3 is 10.0 Å². The highest BCUT2D eigenvalue weighted by Gasteiger charge is 2.37. The maximum atomic E-state index is 12.7. The second-order valence-corrected chi connectivity index (χ2v) is 6.26. The standard InChI is InChI=1S/C17H23NO2/c1-12-8-9-18(16(12)11-19)17(20)15-7-6-13-4-2-3-5-14(13)10-15/h2-5,12,15-16,19H,6-11H2,1H3. The average molecular weight is 273 g/mol. The molecule has 3 rings (SSSR count). The molecule has 20 heavy (non-hydrogen) atoms. The highest BCUT2D eigenvalue weighted by atomic mass is 16.3. The molecule has 3 nitrogen and oxygen atoms in total. The molecule has 1 aromatic carbocycles. The normalized spacial score (nSPS) is 29.3. The fourth-order valence-electron chi connectivity index (χ4n) is 3.70. The molecule has 0 spiro atoms. The third-order valence-electron chi connectivity index (χ3n) is 5.05. The quantitative estimate of drug-likeness (QED) is 0.895. The van der Waals surface area contributed by atoms with Crippen molar-refractivity contribution in [1.29, 1.82) is 0 Å². The number of hydrogen-bond donors (Lipinski definition) is 1. The number of fused-ring (bicyclic) bond motifs is 1. The van der Waals surface area contributed by atoms with Gasteiger partial charge in [-0.25, -0.2) is 0 Å². The number of aliphatic hydroxyl groups excluding tert-OH is 1. The third kappa shape index (κ3) is 2.35. The zero-order chi connectivity index (χ0) is 14.1. The van der Waals surface area contributed by atoms with Crippen molar-refractivity contribution in [3.8, 4) is 0 Å². The van der Waals surface area contributed by atoms with E-state index in [0.717, 1.165) is 32.2 Å². The van der Waals surface area contributed by atoms with Gasteiger partial charge in [-0.1, -0.05) is 31.2 Å². The lowest BCUT2D eigenvalue weighted by molar-refractivity contribution is -0.137. The van der Waals surface area contributed by atoms with Crippen molar-refractivity contribution in [3.63, 3.8) is 0 Å². The van der Waals surface area contributed by atoms with Crippen LogP contribution < -0.4 is 0 Å². The molecule has 3 atom stereocenters. The van der Waals surface area contributed by atoms with Crippen LogP contribution in [0.2, 0.25) is 0 Å². The van der Waals surface area contributed by atoms with Gasteiger partial charge in [-0.3, -0.25) is 4.79 Å². The summed E-state index contributed by atoms with van der Waals surface area (Å²) < 4.78 is 0. The van der Waals surface area contributed by atoms with Gasteiger partial charge in [-0.05, 0) is 42.7 Å². The smallest absolute Gasteiger partial charge is 0.226 e. The fraction of sp³-hybridized carbons (Fsp3) is 0.588. The summed E-state index contributed by atoms with van der Waals surface area (Å²) in [6.07, 6.45) is 3.82. The highest BCUT2D eigenvalue weighted by Crippen LogP contribution is 2.30. The number of nitrogens with zero attached hydrogens (tertiary/aromatic N) is 1. The Kier molecular flexibility index (Phi) is 3.79. The summed E-state index contributed by atoms with van der Waals surface area (Å²) in [7, 11) is 0. The molecule has 3 heteroatoms. The summed E-state index contributed by atoms with van der Waals surface area (Å²) in [6.45, 7) is 3.03. The lowest BCUT2D eigenvalue weighted by Gasteiger charge is -2.31. The monoisotopic (exact) mass is 273 g/mol. The van der Waals surface area contributed by atoms with Crippen LogP contribution in [-0.2, 0) is 17.6 Å². The third-order valence-corrected chi connectivity index (χ3v) is 5.05. The zero-order valence-corrected chi connectivity index (χ0v) is 12.1. The zero-order valence-electron chi connectivity index (χ0n) is 12.1. The lowest BCUT2D eigenvalue weighted by Crippen LogP contribution is -2.44. The van der Waals surface area contributed by atoms with Crippen molar-refractivity contribution < 1.29 is 9.90 Å². The number of amides is 1. The molecule has 1 aliphatic heterocycles. The summed E-state index contributed by atoms with van der Waals surface area (Å²) in [5.41, 5.74) is 2.72. The Morgan fingerprint density at radius 3 is 2.80 bits per heavy atom. The molecule has 1 aliphatic carbocycles. The summed E-state index contributed by atoms with van der Waals surface area (Å²) in [4.78, 5) is 14.7. The van der Waals surface area contributed by atoms with Crippen molar-refractivity contribution in [2.24, 2.45) is 11.8 Å². The van der Waals surface area contributed by atoms with Crippen LogP contribution in [0, 0.1) is 11.8 Å². The van der Waals surface area contributed by atoms with Gasteiger partial charge in [0.25, 0.3) is 0 Å². The first kappa shape index (κ1) is 13.6. The maximum Gasteiger partial charge on any atom is 0.226 e. The van der Waals surface area contributed by atoms with Gasteiger partial charge in [-0.15, -0.1) is 0 Å². The Morgan fingerprint density at radius 1 is 1.30 bits per heavy atom. The minimum Gasteiger partial charge on any atom is -0.394 e. The van der Waals surface area contributed by atoms with Crippen molar-refractivity contribution in [3.05, 3.63) is 35.4 Å². The van der Waals surface area contributed by atoms with E-state index in [0.29, 0.717) is 5.92 Å². The predicted molar refractivity (Wildman–Crippen MR) is 78.3 cm³/mol. The summed E-state index contributed by atoms with van der Waals surface area (Å²) in [5, 5.41) is 9.52. The number of rotatable bonds is 2. The average Bonchev–Trinajstić information content (AvgIpc) is 2.86. The first-order valence-electron chi connectivity index (χ1n) is 7.69. The Hall–Kier alpha value is -1.35. The van der Waals surface area contributed by atoms with E-state index < -0.39 is 0 Å². The van der Waals surface area contributed by atoms with E-state index in [1.54, 1.807) is 0 Å². The topological polar surface area (TPSA) is 40.5 Å². The molecule has 0 aromatic heterocycles. The molecular formula is C17H23NO2. The molecule has 0 bridgehead atoms. The summed E-state index contributed by atoms with van der Waals surface area (Å²) in [6, 6.07) is 8.47. The van der Waals surface area contributed by atoms with Crippen LogP contribution in [0.15, 0.2) is 24.3 Å². The fourth-order valence-corrected chi connectivity index (χ4v) is 3.70. The Labute approximate surface area is 120 Å². The Morgan fingerprint density at radius 2 is 2.05 bits per heavy atom. The van der Waals surface area contributed by atoms with Crippen LogP contribution in [0.5, 0.6) is 0 Å². The Bertz CT molecular complexity index is 500.